The smallest absolute Gasteiger partial charge is 0.410 e. The first-order valence-electron chi connectivity index (χ1n) is 8.19. The van der Waals surface area contributed by atoms with Gasteiger partial charge in [-0.1, -0.05) is 19.1 Å². The summed E-state index contributed by atoms with van der Waals surface area (Å²) in [6.07, 6.45) is 0.689. The predicted octanol–water partition coefficient (Wildman–Crippen LogP) is 4.59. The van der Waals surface area contributed by atoms with Gasteiger partial charge in [0.15, 0.2) is 0 Å². The van der Waals surface area contributed by atoms with Crippen LogP contribution in [0.5, 0.6) is 0 Å². The highest BCUT2D eigenvalue weighted by molar-refractivity contribution is 14.1. The van der Waals surface area contributed by atoms with Crippen LogP contribution in [0.1, 0.15) is 52.6 Å². The standard InChI is InChI=1S/C18H29IN2O2/c1-6-12-21(17(22)23-18(3,4)5)13-11-20-14(2)15-7-9-16(19)10-8-15/h7-10,14,20H,6,11-13H2,1-5H3. The Kier molecular flexibility index (Phi) is 8.33. The van der Waals surface area contributed by atoms with Crippen molar-refractivity contribution in [2.75, 3.05) is 19.6 Å². The van der Waals surface area contributed by atoms with Crippen LogP contribution in [0.2, 0.25) is 0 Å². The molecule has 0 aliphatic carbocycles. The molecule has 23 heavy (non-hydrogen) atoms. The first kappa shape index (κ1) is 20.2. The van der Waals surface area contributed by atoms with Crippen molar-refractivity contribution in [3.8, 4) is 0 Å². The minimum atomic E-state index is -0.453. The normalized spacial score (nSPS) is 12.8. The van der Waals surface area contributed by atoms with E-state index in [1.165, 1.54) is 9.13 Å². The summed E-state index contributed by atoms with van der Waals surface area (Å²) in [6.45, 7) is 12.0. The SMILES string of the molecule is CCCN(CCNC(C)c1ccc(I)cc1)C(=O)OC(C)(C)C. The number of carbonyl (C=O) groups is 1. The van der Waals surface area contributed by atoms with E-state index >= 15 is 0 Å². The van der Waals surface area contributed by atoms with Gasteiger partial charge in [-0.15, -0.1) is 0 Å². The second kappa shape index (κ2) is 9.47. The maximum absolute atomic E-state index is 12.2. The van der Waals surface area contributed by atoms with E-state index in [9.17, 15) is 4.79 Å². The van der Waals surface area contributed by atoms with E-state index in [1.807, 2.05) is 20.8 Å². The number of benzene rings is 1. The van der Waals surface area contributed by atoms with Gasteiger partial charge in [0.1, 0.15) is 5.60 Å². The van der Waals surface area contributed by atoms with Crippen molar-refractivity contribution in [3.05, 3.63) is 33.4 Å². The van der Waals surface area contributed by atoms with Crippen LogP contribution in [-0.4, -0.2) is 36.2 Å². The highest BCUT2D eigenvalue weighted by Crippen LogP contribution is 2.14. The van der Waals surface area contributed by atoms with E-state index in [1.54, 1.807) is 4.90 Å². The van der Waals surface area contributed by atoms with Crippen molar-refractivity contribution in [1.29, 1.82) is 0 Å². The Morgan fingerprint density at radius 1 is 1.26 bits per heavy atom. The van der Waals surface area contributed by atoms with E-state index in [0.29, 0.717) is 13.1 Å². The molecular formula is C18H29IN2O2. The minimum absolute atomic E-state index is 0.233. The molecule has 0 saturated carbocycles. The first-order valence-corrected chi connectivity index (χ1v) is 9.27. The molecule has 0 saturated heterocycles. The molecule has 1 amide bonds. The molecule has 0 spiro atoms. The number of carbonyl (C=O) groups excluding carboxylic acids is 1. The molecule has 0 radical (unpaired) electrons. The topological polar surface area (TPSA) is 41.6 Å². The van der Waals surface area contributed by atoms with Crippen LogP contribution >= 0.6 is 22.6 Å². The monoisotopic (exact) mass is 432 g/mol. The van der Waals surface area contributed by atoms with Gasteiger partial charge < -0.3 is 15.0 Å². The Morgan fingerprint density at radius 3 is 2.39 bits per heavy atom. The molecule has 1 rings (SSSR count). The average molecular weight is 432 g/mol. The molecule has 130 valence electrons. The number of amides is 1. The lowest BCUT2D eigenvalue weighted by molar-refractivity contribution is 0.0251. The quantitative estimate of drug-likeness (QED) is 0.641. The zero-order valence-electron chi connectivity index (χ0n) is 14.9. The first-order chi connectivity index (χ1) is 10.7. The zero-order chi connectivity index (χ0) is 17.5. The molecule has 0 fully saturated rings. The number of hydrogen-bond acceptors (Lipinski definition) is 3. The van der Waals surface area contributed by atoms with E-state index in [2.05, 4.69) is 66.0 Å². The summed E-state index contributed by atoms with van der Waals surface area (Å²) >= 11 is 2.31. The molecule has 0 aliphatic heterocycles. The van der Waals surface area contributed by atoms with Crippen molar-refractivity contribution in [2.24, 2.45) is 0 Å². The largest absolute Gasteiger partial charge is 0.444 e. The van der Waals surface area contributed by atoms with Crippen molar-refractivity contribution in [2.45, 2.75) is 52.7 Å². The van der Waals surface area contributed by atoms with E-state index in [0.717, 1.165) is 13.0 Å². The van der Waals surface area contributed by atoms with E-state index in [4.69, 9.17) is 4.74 Å². The summed E-state index contributed by atoms with van der Waals surface area (Å²) in [5.41, 5.74) is 0.801. The molecular weight excluding hydrogens is 403 g/mol. The van der Waals surface area contributed by atoms with Crippen LogP contribution in [0.4, 0.5) is 4.79 Å². The summed E-state index contributed by atoms with van der Waals surface area (Å²) in [5.74, 6) is 0. The lowest BCUT2D eigenvalue weighted by atomic mass is 10.1. The van der Waals surface area contributed by atoms with Crippen molar-refractivity contribution >= 4 is 28.7 Å². The Bertz CT molecular complexity index is 483. The van der Waals surface area contributed by atoms with Gasteiger partial charge in [-0.2, -0.15) is 0 Å². The number of nitrogens with one attached hydrogen (secondary N) is 1. The van der Waals surface area contributed by atoms with Gasteiger partial charge in [-0.05, 0) is 74.4 Å². The molecule has 1 aromatic carbocycles. The second-order valence-electron chi connectivity index (χ2n) is 6.69. The maximum Gasteiger partial charge on any atom is 0.410 e. The van der Waals surface area contributed by atoms with Crippen molar-refractivity contribution in [1.82, 2.24) is 10.2 Å². The Hall–Kier alpha value is -0.820. The van der Waals surface area contributed by atoms with E-state index < -0.39 is 5.60 Å². The fraction of sp³-hybridized carbons (Fsp3) is 0.611. The summed E-state index contributed by atoms with van der Waals surface area (Å²) < 4.78 is 6.70. The number of nitrogens with zero attached hydrogens (tertiary/aromatic N) is 1. The fourth-order valence-corrected chi connectivity index (χ4v) is 2.54. The van der Waals surface area contributed by atoms with Crippen LogP contribution in [0.15, 0.2) is 24.3 Å². The molecule has 0 heterocycles. The third-order valence-corrected chi connectivity index (χ3v) is 4.07. The number of rotatable bonds is 7. The predicted molar refractivity (Wildman–Crippen MR) is 104 cm³/mol. The van der Waals surface area contributed by atoms with Gasteiger partial charge in [0.05, 0.1) is 0 Å². The highest BCUT2D eigenvalue weighted by atomic mass is 127. The highest BCUT2D eigenvalue weighted by Gasteiger charge is 2.21. The minimum Gasteiger partial charge on any atom is -0.444 e. The van der Waals surface area contributed by atoms with E-state index in [-0.39, 0.29) is 12.1 Å². The van der Waals surface area contributed by atoms with Crippen molar-refractivity contribution in [3.63, 3.8) is 0 Å². The Morgan fingerprint density at radius 2 is 1.87 bits per heavy atom. The molecule has 0 aliphatic rings. The fourth-order valence-electron chi connectivity index (χ4n) is 2.18. The van der Waals surface area contributed by atoms with Gasteiger partial charge >= 0.3 is 6.09 Å². The van der Waals surface area contributed by atoms with Gasteiger partial charge in [0.25, 0.3) is 0 Å². The van der Waals surface area contributed by atoms with Crippen LogP contribution in [-0.2, 0) is 4.74 Å². The molecule has 1 N–H and O–H groups in total. The maximum atomic E-state index is 12.2. The molecule has 1 atom stereocenters. The zero-order valence-corrected chi connectivity index (χ0v) is 17.0. The lowest BCUT2D eigenvalue weighted by Gasteiger charge is -2.27. The van der Waals surface area contributed by atoms with Gasteiger partial charge in [-0.3, -0.25) is 0 Å². The second-order valence-corrected chi connectivity index (χ2v) is 7.94. The summed E-state index contributed by atoms with van der Waals surface area (Å²) in [5, 5.41) is 3.47. The number of halogens is 1. The Labute approximate surface area is 154 Å². The van der Waals surface area contributed by atoms with Crippen LogP contribution in [0.25, 0.3) is 0 Å². The molecule has 1 unspecified atom stereocenters. The van der Waals surface area contributed by atoms with Crippen LogP contribution in [0.3, 0.4) is 0 Å². The third-order valence-electron chi connectivity index (χ3n) is 3.35. The molecule has 0 bridgehead atoms. The average Bonchev–Trinajstić information content (AvgIpc) is 2.45. The van der Waals surface area contributed by atoms with Gasteiger partial charge in [-0.25, -0.2) is 4.79 Å². The lowest BCUT2D eigenvalue weighted by Crippen LogP contribution is -2.41. The van der Waals surface area contributed by atoms with Crippen LogP contribution in [0, 0.1) is 3.57 Å². The molecule has 5 heteroatoms. The Balaban J connectivity index is 2.48. The molecule has 0 aromatic heterocycles. The summed E-state index contributed by atoms with van der Waals surface area (Å²) in [4.78, 5) is 14.0. The number of ether oxygens (including phenoxy) is 1. The number of hydrogen-bond donors (Lipinski definition) is 1. The van der Waals surface area contributed by atoms with Crippen LogP contribution < -0.4 is 5.32 Å². The van der Waals surface area contributed by atoms with Gasteiger partial charge in [0.2, 0.25) is 0 Å². The summed E-state index contributed by atoms with van der Waals surface area (Å²) in [6, 6.07) is 8.75. The summed E-state index contributed by atoms with van der Waals surface area (Å²) in [7, 11) is 0. The molecule has 1 aromatic rings. The van der Waals surface area contributed by atoms with Gasteiger partial charge in [0, 0.05) is 29.2 Å². The third kappa shape index (κ3) is 8.01. The van der Waals surface area contributed by atoms with Crippen molar-refractivity contribution < 1.29 is 9.53 Å². The molecule has 4 nitrogen and oxygen atoms in total.